The molecule has 1 aliphatic rings. The molecule has 2 heterocycles. The van der Waals surface area contributed by atoms with E-state index in [1.165, 1.54) is 5.57 Å². The summed E-state index contributed by atoms with van der Waals surface area (Å²) in [7, 11) is 2.11. The molecule has 0 atom stereocenters. The number of para-hydroxylation sites is 2. The molecule has 0 N–H and O–H groups in total. The maximum absolute atomic E-state index is 13.3. The van der Waals surface area contributed by atoms with E-state index in [0.29, 0.717) is 5.56 Å². The number of hydrogen-bond donors (Lipinski definition) is 0. The van der Waals surface area contributed by atoms with Crippen molar-refractivity contribution < 1.29 is 4.79 Å². The van der Waals surface area contributed by atoms with Crippen LogP contribution in [0.3, 0.4) is 0 Å². The van der Waals surface area contributed by atoms with Gasteiger partial charge in [0.25, 0.3) is 5.91 Å². The average Bonchev–Trinajstić information content (AvgIpc) is 2.75. The summed E-state index contributed by atoms with van der Waals surface area (Å²) in [4.78, 5) is 21.9. The predicted molar refractivity (Wildman–Crippen MR) is 114 cm³/mol. The zero-order valence-corrected chi connectivity index (χ0v) is 16.0. The Morgan fingerprint density at radius 3 is 2.11 bits per heavy atom. The second-order valence-corrected chi connectivity index (χ2v) is 7.00. The van der Waals surface area contributed by atoms with E-state index < -0.39 is 0 Å². The number of amides is 1. The number of benzene rings is 2. The van der Waals surface area contributed by atoms with Crippen molar-refractivity contribution in [3.63, 3.8) is 0 Å². The molecule has 1 amide bonds. The molecule has 0 spiro atoms. The normalized spacial score (nSPS) is 14.4. The first-order valence-electron chi connectivity index (χ1n) is 9.51. The number of pyridine rings is 1. The van der Waals surface area contributed by atoms with Crippen molar-refractivity contribution >= 4 is 22.9 Å². The topological polar surface area (TPSA) is 36.4 Å². The van der Waals surface area contributed by atoms with Crippen LogP contribution in [-0.4, -0.2) is 35.9 Å². The minimum Gasteiger partial charge on any atom is -0.302 e. The molecular formula is C24H23N3O. The summed E-state index contributed by atoms with van der Waals surface area (Å²) in [6, 6.07) is 23.2. The van der Waals surface area contributed by atoms with Gasteiger partial charge < -0.3 is 4.90 Å². The van der Waals surface area contributed by atoms with Gasteiger partial charge >= 0.3 is 0 Å². The van der Waals surface area contributed by atoms with Crippen LogP contribution in [0.1, 0.15) is 22.5 Å². The third-order valence-corrected chi connectivity index (χ3v) is 4.91. The molecule has 0 saturated heterocycles. The van der Waals surface area contributed by atoms with E-state index in [1.54, 1.807) is 11.1 Å². The smallest absolute Gasteiger partial charge is 0.264 e. The van der Waals surface area contributed by atoms with Crippen LogP contribution >= 0.6 is 0 Å². The molecule has 28 heavy (non-hydrogen) atoms. The highest BCUT2D eigenvalue weighted by atomic mass is 16.2. The first-order valence-corrected chi connectivity index (χ1v) is 9.51. The second kappa shape index (κ2) is 8.19. The molecule has 0 aliphatic carbocycles. The fraction of sp³-hybridized carbons (Fsp3) is 0.167. The lowest BCUT2D eigenvalue weighted by Crippen LogP contribution is -2.26. The summed E-state index contributed by atoms with van der Waals surface area (Å²) in [5, 5.41) is 0. The summed E-state index contributed by atoms with van der Waals surface area (Å²) in [5.41, 5.74) is 4.39. The third-order valence-electron chi connectivity index (χ3n) is 4.91. The van der Waals surface area contributed by atoms with Gasteiger partial charge in [0.15, 0.2) is 0 Å². The van der Waals surface area contributed by atoms with Crippen molar-refractivity contribution in [1.82, 2.24) is 9.88 Å². The average molecular weight is 369 g/mol. The molecule has 1 aromatic heterocycles. The molecule has 2 aromatic carbocycles. The van der Waals surface area contributed by atoms with E-state index in [2.05, 4.69) is 23.0 Å². The van der Waals surface area contributed by atoms with Gasteiger partial charge in [-0.2, -0.15) is 0 Å². The number of likely N-dealkylation sites (N-methyl/N-ethyl adjacent to an activating group) is 1. The largest absolute Gasteiger partial charge is 0.302 e. The summed E-state index contributed by atoms with van der Waals surface area (Å²) in [5.74, 6) is -0.0915. The van der Waals surface area contributed by atoms with Crippen LogP contribution < -0.4 is 4.90 Å². The quantitative estimate of drug-likeness (QED) is 0.664. The second-order valence-electron chi connectivity index (χ2n) is 7.00. The number of rotatable bonds is 4. The molecule has 4 heteroatoms. The number of anilines is 2. The van der Waals surface area contributed by atoms with Crippen molar-refractivity contribution in [1.29, 1.82) is 0 Å². The van der Waals surface area contributed by atoms with Crippen LogP contribution in [0.25, 0.3) is 5.57 Å². The first-order chi connectivity index (χ1) is 13.7. The van der Waals surface area contributed by atoms with Gasteiger partial charge in [-0.25, -0.2) is 0 Å². The maximum Gasteiger partial charge on any atom is 0.264 e. The fourth-order valence-electron chi connectivity index (χ4n) is 3.46. The Kier molecular flexibility index (Phi) is 5.31. The molecule has 140 valence electrons. The maximum atomic E-state index is 13.3. The van der Waals surface area contributed by atoms with E-state index in [-0.39, 0.29) is 5.91 Å². The molecule has 0 bridgehead atoms. The predicted octanol–water partition coefficient (Wildman–Crippen LogP) is 4.78. The van der Waals surface area contributed by atoms with Gasteiger partial charge in [0.1, 0.15) is 0 Å². The van der Waals surface area contributed by atoms with Crippen molar-refractivity contribution in [3.8, 4) is 0 Å². The Hall–Kier alpha value is -3.24. The molecule has 1 aliphatic heterocycles. The van der Waals surface area contributed by atoms with E-state index in [1.807, 2.05) is 72.8 Å². The molecule has 4 nitrogen and oxygen atoms in total. The number of nitrogens with zero attached hydrogens (tertiary/aromatic N) is 3. The number of carbonyl (C=O) groups is 1. The van der Waals surface area contributed by atoms with Gasteiger partial charge in [0.05, 0.1) is 11.3 Å². The zero-order chi connectivity index (χ0) is 19.3. The number of aromatic nitrogens is 1. The van der Waals surface area contributed by atoms with Crippen molar-refractivity contribution in [2.45, 2.75) is 6.42 Å². The highest BCUT2D eigenvalue weighted by Crippen LogP contribution is 2.27. The Morgan fingerprint density at radius 2 is 1.57 bits per heavy atom. The van der Waals surface area contributed by atoms with Gasteiger partial charge in [-0.05, 0) is 55.4 Å². The van der Waals surface area contributed by atoms with Crippen LogP contribution in [0.4, 0.5) is 11.4 Å². The summed E-state index contributed by atoms with van der Waals surface area (Å²) in [6.45, 7) is 1.96. The number of hydrogen-bond acceptors (Lipinski definition) is 3. The van der Waals surface area contributed by atoms with Crippen molar-refractivity contribution in [3.05, 3.63) is 96.3 Å². The lowest BCUT2D eigenvalue weighted by molar-refractivity contribution is 0.0999. The van der Waals surface area contributed by atoms with E-state index in [0.717, 1.165) is 36.6 Å². The van der Waals surface area contributed by atoms with E-state index in [4.69, 9.17) is 0 Å². The Balaban J connectivity index is 1.65. The summed E-state index contributed by atoms with van der Waals surface area (Å²) in [6.07, 6.45) is 4.96. The minimum atomic E-state index is -0.0915. The van der Waals surface area contributed by atoms with Crippen molar-refractivity contribution in [2.75, 3.05) is 25.0 Å². The monoisotopic (exact) mass is 369 g/mol. The summed E-state index contributed by atoms with van der Waals surface area (Å²) >= 11 is 0. The van der Waals surface area contributed by atoms with Crippen LogP contribution in [0, 0.1) is 0 Å². The highest BCUT2D eigenvalue weighted by Gasteiger charge is 2.20. The Labute approximate surface area is 165 Å². The van der Waals surface area contributed by atoms with Crippen LogP contribution in [-0.2, 0) is 0 Å². The van der Waals surface area contributed by atoms with Gasteiger partial charge in [-0.15, -0.1) is 0 Å². The zero-order valence-electron chi connectivity index (χ0n) is 16.0. The summed E-state index contributed by atoms with van der Waals surface area (Å²) < 4.78 is 0. The molecular weight excluding hydrogens is 346 g/mol. The Bertz CT molecular complexity index is 926. The van der Waals surface area contributed by atoms with Crippen molar-refractivity contribution in [2.24, 2.45) is 0 Å². The lowest BCUT2D eigenvalue weighted by Gasteiger charge is -2.24. The van der Waals surface area contributed by atoms with Gasteiger partial charge in [0, 0.05) is 30.7 Å². The van der Waals surface area contributed by atoms with Crippen LogP contribution in [0.15, 0.2) is 85.1 Å². The third kappa shape index (κ3) is 3.87. The molecule has 0 unspecified atom stereocenters. The first kappa shape index (κ1) is 18.1. The van der Waals surface area contributed by atoms with Gasteiger partial charge in [-0.1, -0.05) is 42.5 Å². The van der Waals surface area contributed by atoms with E-state index in [9.17, 15) is 4.79 Å². The molecule has 0 saturated carbocycles. The molecule has 4 rings (SSSR count). The van der Waals surface area contributed by atoms with Crippen LogP contribution in [0.2, 0.25) is 0 Å². The fourth-order valence-corrected chi connectivity index (χ4v) is 3.46. The standard InChI is InChI=1S/C24H23N3O/c1-26-16-8-9-20(18-26)23-15-14-19(17-25-23)24(28)27(21-10-4-2-5-11-21)22-12-6-3-7-13-22/h2-7,9-15,17H,8,16,18H2,1H3. The highest BCUT2D eigenvalue weighted by molar-refractivity contribution is 6.10. The van der Waals surface area contributed by atoms with Gasteiger partial charge in [-0.3, -0.25) is 14.7 Å². The molecule has 0 fully saturated rings. The number of carbonyl (C=O) groups excluding carboxylic acids is 1. The SMILES string of the molecule is CN1CCC=C(c2ccc(C(=O)N(c3ccccc3)c3ccccc3)cn2)C1. The Morgan fingerprint density at radius 1 is 0.929 bits per heavy atom. The minimum absolute atomic E-state index is 0.0915. The van der Waals surface area contributed by atoms with E-state index >= 15 is 0 Å². The molecule has 0 radical (unpaired) electrons. The lowest BCUT2D eigenvalue weighted by atomic mass is 10.1. The molecule has 3 aromatic rings. The van der Waals surface area contributed by atoms with Crippen LogP contribution in [0.5, 0.6) is 0 Å². The van der Waals surface area contributed by atoms with Gasteiger partial charge in [0.2, 0.25) is 0 Å².